The Bertz CT molecular complexity index is 523. The van der Waals surface area contributed by atoms with Crippen molar-refractivity contribution in [2.45, 2.75) is 25.8 Å². The molecule has 21 heavy (non-hydrogen) atoms. The van der Waals surface area contributed by atoms with Gasteiger partial charge in [0.05, 0.1) is 19.6 Å². The van der Waals surface area contributed by atoms with E-state index in [0.29, 0.717) is 44.1 Å². The van der Waals surface area contributed by atoms with Crippen LogP contribution in [0.3, 0.4) is 0 Å². The minimum absolute atomic E-state index is 0.0937. The van der Waals surface area contributed by atoms with Gasteiger partial charge in [-0.05, 0) is 12.8 Å². The van der Waals surface area contributed by atoms with Crippen LogP contribution in [0.1, 0.15) is 29.8 Å². The summed E-state index contributed by atoms with van der Waals surface area (Å²) in [6, 6.07) is 1.70. The lowest BCUT2D eigenvalue weighted by molar-refractivity contribution is -0.146. The van der Waals surface area contributed by atoms with Crippen molar-refractivity contribution in [1.29, 1.82) is 0 Å². The molecule has 1 saturated heterocycles. The van der Waals surface area contributed by atoms with Crippen molar-refractivity contribution in [1.82, 2.24) is 14.7 Å². The molecule has 1 aromatic heterocycles. The summed E-state index contributed by atoms with van der Waals surface area (Å²) < 4.78 is 12.0. The van der Waals surface area contributed by atoms with Gasteiger partial charge in [0.1, 0.15) is 0 Å². The summed E-state index contributed by atoms with van der Waals surface area (Å²) in [5.74, 6) is 0.281. The van der Waals surface area contributed by atoms with Crippen molar-refractivity contribution in [2.24, 2.45) is 5.92 Å². The lowest BCUT2D eigenvalue weighted by Crippen LogP contribution is -2.40. The van der Waals surface area contributed by atoms with Crippen LogP contribution in [-0.2, 0) is 16.1 Å². The summed E-state index contributed by atoms with van der Waals surface area (Å²) in [7, 11) is 1.40. The van der Waals surface area contributed by atoms with Gasteiger partial charge in [0, 0.05) is 32.1 Å². The third kappa shape index (κ3) is 2.72. The van der Waals surface area contributed by atoms with Crippen molar-refractivity contribution in [3.8, 4) is 5.88 Å². The van der Waals surface area contributed by atoms with Gasteiger partial charge in [-0.15, -0.1) is 0 Å². The van der Waals surface area contributed by atoms with Gasteiger partial charge in [0.2, 0.25) is 5.88 Å². The highest BCUT2D eigenvalue weighted by Crippen LogP contribution is 2.23. The molecule has 0 unspecified atom stereocenters. The van der Waals surface area contributed by atoms with Crippen molar-refractivity contribution in [3.05, 3.63) is 11.8 Å². The first-order valence-corrected chi connectivity index (χ1v) is 7.27. The van der Waals surface area contributed by atoms with Crippen LogP contribution in [0, 0.1) is 5.92 Å². The highest BCUT2D eigenvalue weighted by Gasteiger charge is 2.30. The van der Waals surface area contributed by atoms with Gasteiger partial charge in [0.25, 0.3) is 5.91 Å². The van der Waals surface area contributed by atoms with E-state index in [2.05, 4.69) is 5.10 Å². The number of hydrogen-bond acceptors (Lipinski definition) is 5. The number of esters is 1. The number of carbonyl (C=O) groups is 2. The van der Waals surface area contributed by atoms with Crippen LogP contribution in [0.15, 0.2) is 6.07 Å². The number of methoxy groups -OCH3 is 1. The first-order chi connectivity index (χ1) is 10.2. The van der Waals surface area contributed by atoms with Gasteiger partial charge in [-0.3, -0.25) is 9.59 Å². The minimum atomic E-state index is -0.187. The Morgan fingerprint density at radius 2 is 2.10 bits per heavy atom. The van der Waals surface area contributed by atoms with Gasteiger partial charge in [0.15, 0.2) is 5.69 Å². The van der Waals surface area contributed by atoms with Crippen LogP contribution in [0.4, 0.5) is 0 Å². The van der Waals surface area contributed by atoms with E-state index in [4.69, 9.17) is 9.47 Å². The first-order valence-electron chi connectivity index (χ1n) is 7.27. The fourth-order valence-electron chi connectivity index (χ4n) is 2.82. The Labute approximate surface area is 122 Å². The van der Waals surface area contributed by atoms with E-state index in [1.165, 1.54) is 7.11 Å². The molecule has 1 amide bonds. The zero-order valence-electron chi connectivity index (χ0n) is 12.1. The zero-order chi connectivity index (χ0) is 14.8. The molecule has 2 aliphatic heterocycles. The number of piperidine rings is 1. The minimum Gasteiger partial charge on any atom is -0.478 e. The Morgan fingerprint density at radius 3 is 2.76 bits per heavy atom. The lowest BCUT2D eigenvalue weighted by atomic mass is 9.97. The number of hydrogen-bond donors (Lipinski definition) is 0. The van der Waals surface area contributed by atoms with Gasteiger partial charge in [-0.1, -0.05) is 0 Å². The molecule has 0 spiro atoms. The second-order valence-corrected chi connectivity index (χ2v) is 5.38. The predicted octanol–water partition coefficient (Wildman–Crippen LogP) is 0.691. The monoisotopic (exact) mass is 293 g/mol. The third-order valence-corrected chi connectivity index (χ3v) is 4.04. The molecule has 0 atom stereocenters. The van der Waals surface area contributed by atoms with E-state index in [1.807, 2.05) is 0 Å². The fraction of sp³-hybridized carbons (Fsp3) is 0.643. The van der Waals surface area contributed by atoms with Crippen LogP contribution in [0.5, 0.6) is 5.88 Å². The van der Waals surface area contributed by atoms with Gasteiger partial charge in [-0.2, -0.15) is 5.10 Å². The molecule has 0 N–H and O–H groups in total. The predicted molar refractivity (Wildman–Crippen MR) is 73.0 cm³/mol. The van der Waals surface area contributed by atoms with E-state index >= 15 is 0 Å². The number of amides is 1. The summed E-state index contributed by atoms with van der Waals surface area (Å²) in [6.45, 7) is 2.57. The molecule has 7 nitrogen and oxygen atoms in total. The Hall–Kier alpha value is -2.05. The molecule has 2 aliphatic rings. The third-order valence-electron chi connectivity index (χ3n) is 4.04. The number of fused-ring (bicyclic) bond motifs is 1. The molecule has 7 heteroatoms. The number of likely N-dealkylation sites (tertiary alicyclic amines) is 1. The number of rotatable bonds is 2. The van der Waals surface area contributed by atoms with Crippen molar-refractivity contribution in [3.63, 3.8) is 0 Å². The van der Waals surface area contributed by atoms with E-state index in [1.54, 1.807) is 15.6 Å². The van der Waals surface area contributed by atoms with Crippen LogP contribution in [0.2, 0.25) is 0 Å². The van der Waals surface area contributed by atoms with Crippen LogP contribution in [-0.4, -0.2) is 53.4 Å². The molecule has 0 saturated carbocycles. The normalized spacial score (nSPS) is 18.8. The van der Waals surface area contributed by atoms with Gasteiger partial charge >= 0.3 is 5.97 Å². The van der Waals surface area contributed by atoms with E-state index in [9.17, 15) is 9.59 Å². The molecule has 0 radical (unpaired) electrons. The number of ether oxygens (including phenoxy) is 2. The number of aryl methyl sites for hydroxylation is 1. The van der Waals surface area contributed by atoms with Crippen LogP contribution >= 0.6 is 0 Å². The molecule has 1 fully saturated rings. The van der Waals surface area contributed by atoms with Crippen LogP contribution in [0.25, 0.3) is 0 Å². The summed E-state index contributed by atoms with van der Waals surface area (Å²) in [5.41, 5.74) is 0.420. The molecular weight excluding hydrogens is 274 g/mol. The summed E-state index contributed by atoms with van der Waals surface area (Å²) >= 11 is 0. The van der Waals surface area contributed by atoms with Crippen molar-refractivity contribution in [2.75, 3.05) is 26.8 Å². The molecule has 1 aromatic rings. The molecule has 0 bridgehead atoms. The van der Waals surface area contributed by atoms with E-state index < -0.39 is 0 Å². The lowest BCUT2D eigenvalue weighted by Gasteiger charge is -2.30. The molecule has 0 aromatic carbocycles. The topological polar surface area (TPSA) is 73.7 Å². The standard InChI is InChI=1S/C14H19N3O4/c1-20-14(19)10-3-6-16(7-4-10)13(18)11-9-12-17(15-11)5-2-8-21-12/h9-10H,2-8H2,1H3. The highest BCUT2D eigenvalue weighted by atomic mass is 16.5. The summed E-state index contributed by atoms with van der Waals surface area (Å²) in [4.78, 5) is 25.7. The average Bonchev–Trinajstić information content (AvgIpc) is 2.97. The molecular formula is C14H19N3O4. The maximum absolute atomic E-state index is 12.4. The van der Waals surface area contributed by atoms with Crippen molar-refractivity contribution >= 4 is 11.9 Å². The van der Waals surface area contributed by atoms with Crippen LogP contribution < -0.4 is 4.74 Å². The molecule has 3 heterocycles. The van der Waals surface area contributed by atoms with E-state index in [-0.39, 0.29) is 17.8 Å². The second-order valence-electron chi connectivity index (χ2n) is 5.38. The fourth-order valence-corrected chi connectivity index (χ4v) is 2.82. The number of aromatic nitrogens is 2. The summed E-state index contributed by atoms with van der Waals surface area (Å²) in [5, 5.41) is 4.31. The number of nitrogens with zero attached hydrogens (tertiary/aromatic N) is 3. The number of carbonyl (C=O) groups excluding carboxylic acids is 2. The molecule has 114 valence electrons. The van der Waals surface area contributed by atoms with Gasteiger partial charge in [-0.25, -0.2) is 4.68 Å². The van der Waals surface area contributed by atoms with E-state index in [0.717, 1.165) is 13.0 Å². The largest absolute Gasteiger partial charge is 0.478 e. The maximum Gasteiger partial charge on any atom is 0.308 e. The smallest absolute Gasteiger partial charge is 0.308 e. The Morgan fingerprint density at radius 1 is 1.33 bits per heavy atom. The average molecular weight is 293 g/mol. The maximum atomic E-state index is 12.4. The molecule has 3 rings (SSSR count). The quantitative estimate of drug-likeness (QED) is 0.750. The first kappa shape index (κ1) is 13.9. The molecule has 0 aliphatic carbocycles. The zero-order valence-corrected chi connectivity index (χ0v) is 12.1. The Balaban J connectivity index is 1.64. The van der Waals surface area contributed by atoms with Crippen molar-refractivity contribution < 1.29 is 19.1 Å². The second kappa shape index (κ2) is 5.75. The Kier molecular flexibility index (Phi) is 3.81. The SMILES string of the molecule is COC(=O)C1CCN(C(=O)c2cc3n(n2)CCCO3)CC1. The van der Waals surface area contributed by atoms with Gasteiger partial charge < -0.3 is 14.4 Å². The summed E-state index contributed by atoms with van der Waals surface area (Å²) in [6.07, 6.45) is 2.19. The highest BCUT2D eigenvalue weighted by molar-refractivity contribution is 5.92.